The predicted octanol–water partition coefficient (Wildman–Crippen LogP) is 3.15. The number of H-pyrrole nitrogens is 1. The fraction of sp³-hybridized carbons (Fsp3) is 0.133. The van der Waals surface area contributed by atoms with Gasteiger partial charge in [0.2, 0.25) is 5.88 Å². The van der Waals surface area contributed by atoms with Crippen LogP contribution in [0.5, 0.6) is 11.6 Å². The van der Waals surface area contributed by atoms with Crippen LogP contribution in [-0.2, 0) is 0 Å². The number of hydrogen-bond acceptors (Lipinski definition) is 4. The van der Waals surface area contributed by atoms with Crippen LogP contribution in [0, 0.1) is 0 Å². The van der Waals surface area contributed by atoms with Crippen molar-refractivity contribution in [3.05, 3.63) is 47.2 Å². The Balaban J connectivity index is 1.97. The average molecular weight is 317 g/mol. The van der Waals surface area contributed by atoms with Crippen molar-refractivity contribution in [3.63, 3.8) is 0 Å². The van der Waals surface area contributed by atoms with Crippen molar-refractivity contribution in [1.82, 2.24) is 20.3 Å². The Hall–Kier alpha value is -2.60. The van der Waals surface area contributed by atoms with E-state index in [9.17, 15) is 4.79 Å². The second kappa shape index (κ2) is 6.03. The minimum Gasteiger partial charge on any atom is -0.436 e. The molecule has 7 heteroatoms. The summed E-state index contributed by atoms with van der Waals surface area (Å²) in [5.74, 6) is 0.539. The van der Waals surface area contributed by atoms with Gasteiger partial charge in [0.05, 0.1) is 16.8 Å². The maximum atomic E-state index is 12.0. The van der Waals surface area contributed by atoms with Crippen LogP contribution >= 0.6 is 11.6 Å². The Morgan fingerprint density at radius 1 is 1.41 bits per heavy atom. The van der Waals surface area contributed by atoms with Crippen molar-refractivity contribution in [3.8, 4) is 11.6 Å². The summed E-state index contributed by atoms with van der Waals surface area (Å²) < 4.78 is 5.63. The van der Waals surface area contributed by atoms with Crippen molar-refractivity contribution in [1.29, 1.82) is 0 Å². The van der Waals surface area contributed by atoms with Crippen LogP contribution in [0.2, 0.25) is 5.02 Å². The summed E-state index contributed by atoms with van der Waals surface area (Å²) >= 11 is 6.05. The monoisotopic (exact) mass is 316 g/mol. The highest BCUT2D eigenvalue weighted by Crippen LogP contribution is 2.28. The zero-order valence-electron chi connectivity index (χ0n) is 11.8. The molecule has 6 nitrogen and oxygen atoms in total. The predicted molar refractivity (Wildman–Crippen MR) is 83.4 cm³/mol. The first-order valence-electron chi connectivity index (χ1n) is 6.73. The molecule has 3 rings (SSSR count). The number of nitrogens with one attached hydrogen (secondary N) is 2. The number of para-hydroxylation sites is 1. The van der Waals surface area contributed by atoms with Crippen LogP contribution in [0.3, 0.4) is 0 Å². The molecule has 0 bridgehead atoms. The lowest BCUT2D eigenvalue weighted by Crippen LogP contribution is -2.22. The smallest absolute Gasteiger partial charge is 0.255 e. The Kier molecular flexibility index (Phi) is 3.93. The van der Waals surface area contributed by atoms with E-state index in [1.165, 1.54) is 6.20 Å². The number of aromatic amines is 1. The van der Waals surface area contributed by atoms with Crippen molar-refractivity contribution in [2.45, 2.75) is 6.92 Å². The minimum absolute atomic E-state index is 0.210. The summed E-state index contributed by atoms with van der Waals surface area (Å²) in [4.78, 5) is 23.4. The van der Waals surface area contributed by atoms with Gasteiger partial charge >= 0.3 is 0 Å². The molecular weight excluding hydrogens is 304 g/mol. The standard InChI is InChI=1S/C15H13ClN4O2/c1-2-17-15(21)9-7-18-14-13(9)20-12(8-19-14)22-11-6-4-3-5-10(11)16/h3-8H,2H2,1H3,(H,17,21)(H,18,19). The Labute approximate surface area is 131 Å². The molecule has 1 amide bonds. The van der Waals surface area contributed by atoms with E-state index in [1.54, 1.807) is 18.3 Å². The lowest BCUT2D eigenvalue weighted by molar-refractivity contribution is 0.0957. The van der Waals surface area contributed by atoms with Gasteiger partial charge in [-0.15, -0.1) is 0 Å². The van der Waals surface area contributed by atoms with E-state index in [1.807, 2.05) is 19.1 Å². The number of halogens is 1. The summed E-state index contributed by atoms with van der Waals surface area (Å²) in [5, 5.41) is 3.20. The van der Waals surface area contributed by atoms with Gasteiger partial charge < -0.3 is 15.0 Å². The van der Waals surface area contributed by atoms with E-state index in [2.05, 4.69) is 20.3 Å². The highest BCUT2D eigenvalue weighted by molar-refractivity contribution is 6.32. The number of ether oxygens (including phenoxy) is 1. The van der Waals surface area contributed by atoms with Gasteiger partial charge in [-0.2, -0.15) is 0 Å². The number of benzene rings is 1. The van der Waals surface area contributed by atoms with Crippen molar-refractivity contribution >= 4 is 28.7 Å². The molecule has 0 saturated carbocycles. The quantitative estimate of drug-likeness (QED) is 0.775. The van der Waals surface area contributed by atoms with Gasteiger partial charge in [-0.05, 0) is 19.1 Å². The van der Waals surface area contributed by atoms with Gasteiger partial charge in [0.1, 0.15) is 11.3 Å². The SMILES string of the molecule is CCNC(=O)c1c[nH]c2ncc(Oc3ccccc3Cl)nc12. The normalized spacial score (nSPS) is 10.6. The lowest BCUT2D eigenvalue weighted by Gasteiger charge is -2.06. The molecule has 0 radical (unpaired) electrons. The van der Waals surface area contributed by atoms with Crippen LogP contribution in [0.25, 0.3) is 11.2 Å². The number of hydrogen-bond donors (Lipinski definition) is 2. The Bertz CT molecular complexity index is 831. The Morgan fingerprint density at radius 3 is 3.00 bits per heavy atom. The molecule has 0 fully saturated rings. The summed E-state index contributed by atoms with van der Waals surface area (Å²) in [7, 11) is 0. The molecular formula is C15H13ClN4O2. The average Bonchev–Trinajstić information content (AvgIpc) is 2.93. The number of fused-ring (bicyclic) bond motifs is 1. The van der Waals surface area contributed by atoms with E-state index in [0.717, 1.165) is 0 Å². The molecule has 0 aliphatic rings. The molecule has 0 atom stereocenters. The maximum absolute atomic E-state index is 12.0. The summed E-state index contributed by atoms with van der Waals surface area (Å²) in [6.07, 6.45) is 3.05. The van der Waals surface area contributed by atoms with Gasteiger partial charge in [0, 0.05) is 12.7 Å². The molecule has 2 N–H and O–H groups in total. The molecule has 0 aliphatic heterocycles. The van der Waals surface area contributed by atoms with Gasteiger partial charge in [0.25, 0.3) is 5.91 Å². The zero-order chi connectivity index (χ0) is 15.5. The summed E-state index contributed by atoms with van der Waals surface area (Å²) in [6, 6.07) is 7.07. The summed E-state index contributed by atoms with van der Waals surface area (Å²) in [6.45, 7) is 2.39. The zero-order valence-corrected chi connectivity index (χ0v) is 12.5. The highest BCUT2D eigenvalue weighted by Gasteiger charge is 2.15. The van der Waals surface area contributed by atoms with Crippen LogP contribution < -0.4 is 10.1 Å². The third-order valence-corrected chi connectivity index (χ3v) is 3.30. The van der Waals surface area contributed by atoms with Crippen LogP contribution in [0.4, 0.5) is 0 Å². The molecule has 0 saturated heterocycles. The molecule has 1 aromatic carbocycles. The number of nitrogens with zero attached hydrogens (tertiary/aromatic N) is 2. The van der Waals surface area contributed by atoms with Gasteiger partial charge in [-0.1, -0.05) is 23.7 Å². The first-order chi connectivity index (χ1) is 10.7. The van der Waals surface area contributed by atoms with Crippen molar-refractivity contribution in [2.75, 3.05) is 6.54 Å². The molecule has 0 spiro atoms. The first-order valence-corrected chi connectivity index (χ1v) is 7.11. The largest absolute Gasteiger partial charge is 0.436 e. The van der Waals surface area contributed by atoms with Crippen LogP contribution in [0.1, 0.15) is 17.3 Å². The number of amides is 1. The van der Waals surface area contributed by atoms with Gasteiger partial charge in [0.15, 0.2) is 5.65 Å². The fourth-order valence-corrected chi connectivity index (χ4v) is 2.17. The van der Waals surface area contributed by atoms with E-state index in [4.69, 9.17) is 16.3 Å². The van der Waals surface area contributed by atoms with Gasteiger partial charge in [-0.25, -0.2) is 9.97 Å². The highest BCUT2D eigenvalue weighted by atomic mass is 35.5. The minimum atomic E-state index is -0.210. The molecule has 2 aromatic heterocycles. The van der Waals surface area contributed by atoms with E-state index in [0.29, 0.717) is 34.0 Å². The van der Waals surface area contributed by atoms with E-state index < -0.39 is 0 Å². The van der Waals surface area contributed by atoms with Crippen molar-refractivity contribution < 1.29 is 9.53 Å². The lowest BCUT2D eigenvalue weighted by atomic mass is 10.3. The second-order valence-electron chi connectivity index (χ2n) is 4.50. The topological polar surface area (TPSA) is 79.9 Å². The fourth-order valence-electron chi connectivity index (χ4n) is 1.99. The van der Waals surface area contributed by atoms with Gasteiger partial charge in [-0.3, -0.25) is 4.79 Å². The van der Waals surface area contributed by atoms with Crippen LogP contribution in [0.15, 0.2) is 36.7 Å². The third kappa shape index (κ3) is 2.73. The Morgan fingerprint density at radius 2 is 2.23 bits per heavy atom. The number of rotatable bonds is 4. The number of carbonyl (C=O) groups excluding carboxylic acids is 1. The maximum Gasteiger partial charge on any atom is 0.255 e. The molecule has 2 heterocycles. The van der Waals surface area contributed by atoms with Crippen molar-refractivity contribution in [2.24, 2.45) is 0 Å². The third-order valence-electron chi connectivity index (χ3n) is 2.99. The molecule has 0 aliphatic carbocycles. The summed E-state index contributed by atoms with van der Waals surface area (Å²) in [5.41, 5.74) is 1.40. The van der Waals surface area contributed by atoms with E-state index >= 15 is 0 Å². The second-order valence-corrected chi connectivity index (χ2v) is 4.91. The molecule has 22 heavy (non-hydrogen) atoms. The van der Waals surface area contributed by atoms with Crippen LogP contribution in [-0.4, -0.2) is 27.4 Å². The number of carbonyl (C=O) groups is 1. The van der Waals surface area contributed by atoms with E-state index in [-0.39, 0.29) is 11.8 Å². The molecule has 3 aromatic rings. The molecule has 112 valence electrons. The first kappa shape index (κ1) is 14.3. The number of aromatic nitrogens is 3. The molecule has 0 unspecified atom stereocenters.